The summed E-state index contributed by atoms with van der Waals surface area (Å²) < 4.78 is 10.6. The normalized spacial score (nSPS) is 21.6. The minimum absolute atomic E-state index is 0.0166. The summed E-state index contributed by atoms with van der Waals surface area (Å²) in [5.41, 5.74) is 2.10. The zero-order valence-electron chi connectivity index (χ0n) is 15.2. The van der Waals surface area contributed by atoms with Crippen LogP contribution in [0.4, 0.5) is 0 Å². The van der Waals surface area contributed by atoms with Gasteiger partial charge in [0.2, 0.25) is 5.75 Å². The Morgan fingerprint density at radius 1 is 0.963 bits per heavy atom. The topological polar surface area (TPSA) is 120 Å². The molecule has 0 saturated heterocycles. The van der Waals surface area contributed by atoms with Gasteiger partial charge in [0.15, 0.2) is 23.0 Å². The van der Waals surface area contributed by atoms with Crippen molar-refractivity contribution in [2.75, 3.05) is 27.4 Å². The van der Waals surface area contributed by atoms with E-state index < -0.39 is 5.92 Å². The van der Waals surface area contributed by atoms with Gasteiger partial charge in [-0.05, 0) is 47.6 Å². The van der Waals surface area contributed by atoms with Gasteiger partial charge in [0.25, 0.3) is 0 Å². The molecule has 3 rings (SSSR count). The molecule has 0 fully saturated rings. The fourth-order valence-corrected chi connectivity index (χ4v) is 4.09. The summed E-state index contributed by atoms with van der Waals surface area (Å²) in [6, 6.07) is 6.33. The molecule has 7 heteroatoms. The summed E-state index contributed by atoms with van der Waals surface area (Å²) in [6.45, 7) is -0.330. The Morgan fingerprint density at radius 3 is 2.30 bits per heavy atom. The molecule has 2 aromatic rings. The Hall–Kier alpha value is -2.64. The number of aliphatic hydroxyl groups excluding tert-OH is 2. The number of hydrogen-bond acceptors (Lipinski definition) is 7. The van der Waals surface area contributed by atoms with Crippen molar-refractivity contribution in [1.29, 1.82) is 0 Å². The van der Waals surface area contributed by atoms with Crippen LogP contribution in [0.5, 0.6) is 28.7 Å². The fraction of sp³-hybridized carbons (Fsp3) is 0.400. The van der Waals surface area contributed by atoms with Crippen molar-refractivity contribution in [3.63, 3.8) is 0 Å². The molecule has 0 aromatic heterocycles. The number of ether oxygens (including phenoxy) is 2. The Balaban J connectivity index is 2.29. The third kappa shape index (κ3) is 3.13. The number of aliphatic hydroxyl groups is 2. The van der Waals surface area contributed by atoms with E-state index in [0.717, 1.165) is 11.1 Å². The minimum Gasteiger partial charge on any atom is -0.504 e. The van der Waals surface area contributed by atoms with Crippen LogP contribution < -0.4 is 9.47 Å². The number of aromatic hydroxyl groups is 3. The summed E-state index contributed by atoms with van der Waals surface area (Å²) in [4.78, 5) is 0. The highest BCUT2D eigenvalue weighted by Crippen LogP contribution is 2.53. The smallest absolute Gasteiger partial charge is 0.200 e. The van der Waals surface area contributed by atoms with Crippen molar-refractivity contribution in [3.05, 3.63) is 41.0 Å². The molecular weight excluding hydrogens is 352 g/mol. The fourth-order valence-electron chi connectivity index (χ4n) is 4.09. The first kappa shape index (κ1) is 19.1. The largest absolute Gasteiger partial charge is 0.504 e. The van der Waals surface area contributed by atoms with E-state index in [4.69, 9.17) is 9.47 Å². The van der Waals surface area contributed by atoms with Gasteiger partial charge in [0.1, 0.15) is 0 Å². The lowest BCUT2D eigenvalue weighted by molar-refractivity contribution is 0.100. The zero-order chi connectivity index (χ0) is 19.7. The van der Waals surface area contributed by atoms with Gasteiger partial charge in [-0.1, -0.05) is 6.07 Å². The molecule has 0 saturated carbocycles. The van der Waals surface area contributed by atoms with Crippen LogP contribution in [0.25, 0.3) is 0 Å². The highest BCUT2D eigenvalue weighted by atomic mass is 16.5. The average Bonchev–Trinajstić information content (AvgIpc) is 2.68. The number of hydrogen-bond donors (Lipinski definition) is 5. The first-order valence-corrected chi connectivity index (χ1v) is 8.67. The Bertz CT molecular complexity index is 834. The van der Waals surface area contributed by atoms with E-state index in [-0.39, 0.29) is 53.8 Å². The number of fused-ring (bicyclic) bond motifs is 1. The van der Waals surface area contributed by atoms with Crippen molar-refractivity contribution in [1.82, 2.24) is 0 Å². The van der Waals surface area contributed by atoms with Crippen LogP contribution in [-0.4, -0.2) is 53.0 Å². The summed E-state index contributed by atoms with van der Waals surface area (Å²) in [6.07, 6.45) is 0.424. The second kappa shape index (κ2) is 7.54. The molecule has 3 atom stereocenters. The van der Waals surface area contributed by atoms with Gasteiger partial charge in [-0.3, -0.25) is 0 Å². The maximum absolute atomic E-state index is 10.3. The van der Waals surface area contributed by atoms with E-state index in [2.05, 4.69) is 0 Å². The van der Waals surface area contributed by atoms with E-state index in [1.54, 1.807) is 12.1 Å². The van der Waals surface area contributed by atoms with Gasteiger partial charge in [-0.15, -0.1) is 0 Å². The highest BCUT2D eigenvalue weighted by Gasteiger charge is 2.40. The maximum Gasteiger partial charge on any atom is 0.200 e. The van der Waals surface area contributed by atoms with Crippen molar-refractivity contribution >= 4 is 0 Å². The standard InChI is InChI=1S/C20H24O7/c1-26-16-7-10(3-4-14(16)23)17-13(9-22)12(8-21)5-11-6-15(24)19(25)20(27-2)18(11)17/h3-4,6-7,12-13,17,21-25H,5,8-9H2,1-2H3/t12-,13-,17+/m0/s1. The zero-order valence-corrected chi connectivity index (χ0v) is 15.2. The van der Waals surface area contributed by atoms with E-state index in [0.29, 0.717) is 12.0 Å². The first-order chi connectivity index (χ1) is 13.0. The summed E-state index contributed by atoms with van der Waals surface area (Å²) in [5, 5.41) is 50.2. The molecule has 0 aliphatic heterocycles. The Morgan fingerprint density at radius 2 is 1.70 bits per heavy atom. The van der Waals surface area contributed by atoms with E-state index >= 15 is 0 Å². The Kier molecular flexibility index (Phi) is 5.34. The number of benzene rings is 2. The van der Waals surface area contributed by atoms with Gasteiger partial charge < -0.3 is 35.0 Å². The number of phenolic OH excluding ortho intramolecular Hbond substituents is 3. The lowest BCUT2D eigenvalue weighted by Crippen LogP contribution is -2.35. The van der Waals surface area contributed by atoms with Crippen LogP contribution in [-0.2, 0) is 6.42 Å². The molecule has 1 aliphatic carbocycles. The van der Waals surface area contributed by atoms with Crippen LogP contribution in [0.15, 0.2) is 24.3 Å². The van der Waals surface area contributed by atoms with Gasteiger partial charge in [-0.2, -0.15) is 0 Å². The maximum atomic E-state index is 10.3. The molecule has 27 heavy (non-hydrogen) atoms. The lowest BCUT2D eigenvalue weighted by atomic mass is 9.66. The third-order valence-corrected chi connectivity index (χ3v) is 5.40. The third-order valence-electron chi connectivity index (χ3n) is 5.40. The van der Waals surface area contributed by atoms with Crippen LogP contribution in [0, 0.1) is 11.8 Å². The van der Waals surface area contributed by atoms with Gasteiger partial charge in [-0.25, -0.2) is 0 Å². The molecular formula is C20H24O7. The van der Waals surface area contributed by atoms with Crippen LogP contribution >= 0.6 is 0 Å². The SMILES string of the molecule is COc1cc([C@H]2c3c(cc(O)c(O)c3OC)C[C@@H](CO)[C@@H]2CO)ccc1O. The van der Waals surface area contributed by atoms with Gasteiger partial charge >= 0.3 is 0 Å². The Labute approximate surface area is 157 Å². The molecule has 7 nitrogen and oxygen atoms in total. The van der Waals surface area contributed by atoms with Crippen molar-refractivity contribution < 1.29 is 35.0 Å². The second-order valence-electron chi connectivity index (χ2n) is 6.75. The molecule has 0 bridgehead atoms. The number of rotatable bonds is 5. The van der Waals surface area contributed by atoms with Crippen molar-refractivity contribution in [2.24, 2.45) is 11.8 Å². The molecule has 0 heterocycles. The molecule has 0 unspecified atom stereocenters. The van der Waals surface area contributed by atoms with Crippen molar-refractivity contribution in [2.45, 2.75) is 12.3 Å². The molecule has 0 spiro atoms. The molecule has 0 radical (unpaired) electrons. The van der Waals surface area contributed by atoms with Crippen LogP contribution in [0.2, 0.25) is 0 Å². The number of phenols is 3. The monoisotopic (exact) mass is 376 g/mol. The predicted molar refractivity (Wildman–Crippen MR) is 97.7 cm³/mol. The second-order valence-corrected chi connectivity index (χ2v) is 6.75. The van der Waals surface area contributed by atoms with Crippen molar-refractivity contribution in [3.8, 4) is 28.7 Å². The van der Waals surface area contributed by atoms with Crippen LogP contribution in [0.1, 0.15) is 22.6 Å². The molecule has 2 aromatic carbocycles. The minimum atomic E-state index is -0.438. The van der Waals surface area contributed by atoms with Crippen LogP contribution in [0.3, 0.4) is 0 Å². The summed E-state index contributed by atoms with van der Waals surface area (Å²) in [5.74, 6) is -1.31. The average molecular weight is 376 g/mol. The van der Waals surface area contributed by atoms with E-state index in [9.17, 15) is 25.5 Å². The van der Waals surface area contributed by atoms with Gasteiger partial charge in [0, 0.05) is 24.7 Å². The number of methoxy groups -OCH3 is 2. The summed E-state index contributed by atoms with van der Waals surface area (Å²) in [7, 11) is 2.84. The lowest BCUT2D eigenvalue weighted by Gasteiger charge is -2.39. The molecule has 146 valence electrons. The van der Waals surface area contributed by atoms with Gasteiger partial charge in [0.05, 0.1) is 14.2 Å². The molecule has 5 N–H and O–H groups in total. The molecule has 0 amide bonds. The highest BCUT2D eigenvalue weighted by molar-refractivity contribution is 5.62. The first-order valence-electron chi connectivity index (χ1n) is 8.67. The van der Waals surface area contributed by atoms with E-state index in [1.807, 2.05) is 0 Å². The molecule has 1 aliphatic rings. The van der Waals surface area contributed by atoms with E-state index in [1.165, 1.54) is 26.4 Å². The quantitative estimate of drug-likeness (QED) is 0.504. The summed E-state index contributed by atoms with van der Waals surface area (Å²) >= 11 is 0. The predicted octanol–water partition coefficient (Wildman–Crippen LogP) is 1.73.